The Bertz CT molecular complexity index is 898. The van der Waals surface area contributed by atoms with Crippen LogP contribution in [0.15, 0.2) is 85.2 Å². The molecule has 2 nitrogen and oxygen atoms in total. The van der Waals surface area contributed by atoms with E-state index in [0.717, 1.165) is 37.2 Å². The Morgan fingerprint density at radius 1 is 0.926 bits per heavy atom. The van der Waals surface area contributed by atoms with Crippen molar-refractivity contribution in [3.8, 4) is 11.1 Å². The second-order valence-corrected chi connectivity index (χ2v) is 7.22. The molecular formula is C25H26N2. The molecular weight excluding hydrogens is 328 g/mol. The first-order valence-electron chi connectivity index (χ1n) is 9.80. The predicted molar refractivity (Wildman–Crippen MR) is 113 cm³/mol. The molecule has 1 aliphatic rings. The normalized spacial score (nSPS) is 13.7. The third kappa shape index (κ3) is 2.95. The van der Waals surface area contributed by atoms with Crippen molar-refractivity contribution >= 4 is 0 Å². The number of pyridine rings is 1. The van der Waals surface area contributed by atoms with Gasteiger partial charge in [-0.15, -0.1) is 0 Å². The Morgan fingerprint density at radius 3 is 2.15 bits per heavy atom. The molecule has 4 rings (SSSR count). The molecule has 2 heteroatoms. The van der Waals surface area contributed by atoms with Gasteiger partial charge in [0, 0.05) is 30.6 Å². The van der Waals surface area contributed by atoms with Crippen molar-refractivity contribution in [3.05, 3.63) is 102 Å². The fourth-order valence-corrected chi connectivity index (χ4v) is 4.48. The fourth-order valence-electron chi connectivity index (χ4n) is 4.48. The lowest BCUT2D eigenvalue weighted by Gasteiger charge is -2.35. The monoisotopic (exact) mass is 354 g/mol. The Kier molecular flexibility index (Phi) is 4.81. The summed E-state index contributed by atoms with van der Waals surface area (Å²) in [5.74, 6) is 0. The highest BCUT2D eigenvalue weighted by atomic mass is 14.9. The van der Waals surface area contributed by atoms with E-state index in [2.05, 4.69) is 78.4 Å². The van der Waals surface area contributed by atoms with Crippen LogP contribution in [0, 0.1) is 0 Å². The van der Waals surface area contributed by atoms with Crippen LogP contribution in [0.3, 0.4) is 0 Å². The van der Waals surface area contributed by atoms with E-state index in [4.69, 9.17) is 0 Å². The quantitative estimate of drug-likeness (QED) is 0.606. The first-order chi connectivity index (χ1) is 13.3. The zero-order valence-corrected chi connectivity index (χ0v) is 15.9. The summed E-state index contributed by atoms with van der Waals surface area (Å²) in [6.45, 7) is 7.62. The predicted octanol–water partition coefficient (Wildman–Crippen LogP) is 5.49. The highest BCUT2D eigenvalue weighted by Gasteiger charge is 2.44. The Balaban J connectivity index is 1.67. The maximum atomic E-state index is 4.52. The summed E-state index contributed by atoms with van der Waals surface area (Å²) in [4.78, 5) is 4.43. The van der Waals surface area contributed by atoms with Crippen LogP contribution in [-0.2, 0) is 11.8 Å². The third-order valence-corrected chi connectivity index (χ3v) is 5.65. The van der Waals surface area contributed by atoms with E-state index in [-0.39, 0.29) is 5.41 Å². The number of benzene rings is 2. The van der Waals surface area contributed by atoms with Gasteiger partial charge in [0.1, 0.15) is 0 Å². The van der Waals surface area contributed by atoms with Crippen molar-refractivity contribution in [3.63, 3.8) is 0 Å². The molecule has 2 aromatic carbocycles. The number of nitrogens with zero attached hydrogens (tertiary/aromatic N) is 1. The molecule has 0 unspecified atom stereocenters. The molecule has 0 saturated heterocycles. The highest BCUT2D eigenvalue weighted by Crippen LogP contribution is 2.53. The van der Waals surface area contributed by atoms with Crippen LogP contribution in [0.5, 0.6) is 0 Å². The van der Waals surface area contributed by atoms with Crippen molar-refractivity contribution < 1.29 is 0 Å². The van der Waals surface area contributed by atoms with E-state index in [1.807, 2.05) is 18.3 Å². The second-order valence-electron chi connectivity index (χ2n) is 7.22. The summed E-state index contributed by atoms with van der Waals surface area (Å²) >= 11 is 0. The van der Waals surface area contributed by atoms with Crippen LogP contribution in [-0.4, -0.2) is 11.5 Å². The van der Waals surface area contributed by atoms with Crippen LogP contribution in [0.4, 0.5) is 0 Å². The van der Waals surface area contributed by atoms with Crippen LogP contribution in [0.1, 0.15) is 36.6 Å². The molecule has 0 aliphatic heterocycles. The first-order valence-corrected chi connectivity index (χ1v) is 9.80. The van der Waals surface area contributed by atoms with E-state index >= 15 is 0 Å². The standard InChI is InChI=1S/C25H26N2/c1-3-16-25(19(2)26-18-15-20-10-8-9-17-27-20)23-13-6-4-11-21(23)22-12-5-7-14-24(22)25/h4-14,17,26H,2-3,15-16,18H2,1H3. The van der Waals surface area contributed by atoms with Crippen molar-refractivity contribution in [1.82, 2.24) is 10.3 Å². The first kappa shape index (κ1) is 17.5. The molecule has 0 spiro atoms. The largest absolute Gasteiger partial charge is 0.387 e. The molecule has 0 radical (unpaired) electrons. The zero-order valence-electron chi connectivity index (χ0n) is 15.9. The van der Waals surface area contributed by atoms with E-state index in [9.17, 15) is 0 Å². The van der Waals surface area contributed by atoms with E-state index < -0.39 is 0 Å². The van der Waals surface area contributed by atoms with Crippen LogP contribution >= 0.6 is 0 Å². The summed E-state index contributed by atoms with van der Waals surface area (Å²) < 4.78 is 0. The van der Waals surface area contributed by atoms with Gasteiger partial charge >= 0.3 is 0 Å². The minimum atomic E-state index is -0.161. The molecule has 0 saturated carbocycles. The maximum Gasteiger partial charge on any atom is 0.0604 e. The molecule has 1 aliphatic carbocycles. The number of fused-ring (bicyclic) bond motifs is 3. The molecule has 0 atom stereocenters. The third-order valence-electron chi connectivity index (χ3n) is 5.65. The Labute approximate surface area is 162 Å². The van der Waals surface area contributed by atoms with Crippen LogP contribution in [0.25, 0.3) is 11.1 Å². The van der Waals surface area contributed by atoms with Gasteiger partial charge in [0.2, 0.25) is 0 Å². The Hall–Kier alpha value is -2.87. The van der Waals surface area contributed by atoms with E-state index in [1.165, 1.54) is 22.3 Å². The molecule has 136 valence electrons. The number of nitrogens with one attached hydrogen (secondary N) is 1. The van der Waals surface area contributed by atoms with Gasteiger partial charge in [-0.2, -0.15) is 0 Å². The van der Waals surface area contributed by atoms with Gasteiger partial charge in [0.05, 0.1) is 5.41 Å². The fraction of sp³-hybridized carbons (Fsp3) is 0.240. The molecule has 1 aromatic heterocycles. The van der Waals surface area contributed by atoms with Gasteiger partial charge in [-0.3, -0.25) is 4.98 Å². The maximum absolute atomic E-state index is 4.52. The van der Waals surface area contributed by atoms with Gasteiger partial charge in [-0.05, 0) is 40.8 Å². The molecule has 0 fully saturated rings. The van der Waals surface area contributed by atoms with Gasteiger partial charge in [0.15, 0.2) is 0 Å². The lowest BCUT2D eigenvalue weighted by Crippen LogP contribution is -2.35. The van der Waals surface area contributed by atoms with Crippen molar-refractivity contribution in [2.45, 2.75) is 31.6 Å². The van der Waals surface area contributed by atoms with Crippen molar-refractivity contribution in [2.75, 3.05) is 6.54 Å². The smallest absolute Gasteiger partial charge is 0.0604 e. The molecule has 1 N–H and O–H groups in total. The van der Waals surface area contributed by atoms with Crippen molar-refractivity contribution in [2.24, 2.45) is 0 Å². The molecule has 0 amide bonds. The zero-order chi connectivity index (χ0) is 18.7. The van der Waals surface area contributed by atoms with Crippen LogP contribution in [0.2, 0.25) is 0 Å². The molecule has 1 heterocycles. The average Bonchev–Trinajstić information content (AvgIpc) is 3.01. The number of hydrogen-bond acceptors (Lipinski definition) is 2. The SMILES string of the molecule is C=C(NCCc1ccccn1)C1(CCC)c2ccccc2-c2ccccc21. The summed E-state index contributed by atoms with van der Waals surface area (Å²) in [5, 5.41) is 3.65. The van der Waals surface area contributed by atoms with Crippen molar-refractivity contribution in [1.29, 1.82) is 0 Å². The second kappa shape index (κ2) is 7.40. The molecule has 3 aromatic rings. The van der Waals surface area contributed by atoms with E-state index in [0.29, 0.717) is 0 Å². The number of allylic oxidation sites excluding steroid dienone is 1. The summed E-state index contributed by atoms with van der Waals surface area (Å²) in [7, 11) is 0. The highest BCUT2D eigenvalue weighted by molar-refractivity contribution is 5.82. The van der Waals surface area contributed by atoms with Crippen LogP contribution < -0.4 is 5.32 Å². The Morgan fingerprint density at radius 2 is 1.56 bits per heavy atom. The van der Waals surface area contributed by atoms with Gasteiger partial charge < -0.3 is 5.32 Å². The lowest BCUT2D eigenvalue weighted by atomic mass is 9.72. The average molecular weight is 354 g/mol. The lowest BCUT2D eigenvalue weighted by molar-refractivity contribution is 0.511. The minimum absolute atomic E-state index is 0.161. The topological polar surface area (TPSA) is 24.9 Å². The van der Waals surface area contributed by atoms with Gasteiger partial charge in [0.25, 0.3) is 0 Å². The molecule has 0 bridgehead atoms. The summed E-state index contributed by atoms with van der Waals surface area (Å²) in [5.41, 5.74) is 7.48. The number of aromatic nitrogens is 1. The van der Waals surface area contributed by atoms with Gasteiger partial charge in [-0.25, -0.2) is 0 Å². The number of rotatable bonds is 7. The summed E-state index contributed by atoms with van der Waals surface area (Å²) in [6, 6.07) is 23.7. The van der Waals surface area contributed by atoms with E-state index in [1.54, 1.807) is 0 Å². The van der Waals surface area contributed by atoms with Gasteiger partial charge in [-0.1, -0.05) is 74.5 Å². The summed E-state index contributed by atoms with van der Waals surface area (Å²) in [6.07, 6.45) is 4.90. The number of hydrogen-bond donors (Lipinski definition) is 1. The minimum Gasteiger partial charge on any atom is -0.387 e. The molecule has 27 heavy (non-hydrogen) atoms.